The molecule has 0 aromatic heterocycles. The predicted octanol–water partition coefficient (Wildman–Crippen LogP) is 2.69. The van der Waals surface area contributed by atoms with Crippen LogP contribution < -0.4 is 4.74 Å². The molecule has 19 heavy (non-hydrogen) atoms. The minimum absolute atomic E-state index is 0.161. The third kappa shape index (κ3) is 5.32. The first kappa shape index (κ1) is 16.2. The summed E-state index contributed by atoms with van der Waals surface area (Å²) in [6, 6.07) is 7.29. The third-order valence-corrected chi connectivity index (χ3v) is 4.91. The van der Waals surface area contributed by atoms with E-state index in [4.69, 9.17) is 9.84 Å². The Morgan fingerprint density at radius 3 is 2.42 bits per heavy atom. The average molecular weight is 349 g/mol. The van der Waals surface area contributed by atoms with Crippen LogP contribution in [0, 0.1) is 5.92 Å². The molecule has 0 bridgehead atoms. The van der Waals surface area contributed by atoms with Crippen molar-refractivity contribution in [2.75, 3.05) is 12.4 Å². The van der Waals surface area contributed by atoms with Gasteiger partial charge in [-0.3, -0.25) is 9.00 Å². The van der Waals surface area contributed by atoms with E-state index in [1.165, 1.54) is 0 Å². The Labute approximate surface area is 123 Å². The van der Waals surface area contributed by atoms with Crippen LogP contribution in [0.1, 0.15) is 13.8 Å². The number of rotatable bonds is 7. The summed E-state index contributed by atoms with van der Waals surface area (Å²) in [5.41, 5.74) is 0. The van der Waals surface area contributed by atoms with Gasteiger partial charge < -0.3 is 9.84 Å². The van der Waals surface area contributed by atoms with Gasteiger partial charge in [0.2, 0.25) is 0 Å². The Bertz CT molecular complexity index is 444. The van der Waals surface area contributed by atoms with Crippen molar-refractivity contribution < 1.29 is 18.8 Å². The van der Waals surface area contributed by atoms with Gasteiger partial charge >= 0.3 is 5.97 Å². The first-order valence-electron chi connectivity index (χ1n) is 5.90. The Morgan fingerprint density at radius 1 is 1.37 bits per heavy atom. The average Bonchev–Trinajstić information content (AvgIpc) is 2.30. The van der Waals surface area contributed by atoms with Gasteiger partial charge in [0.15, 0.2) is 0 Å². The van der Waals surface area contributed by atoms with Crippen LogP contribution in [0.3, 0.4) is 0 Å². The van der Waals surface area contributed by atoms with Crippen molar-refractivity contribution in [1.82, 2.24) is 0 Å². The molecule has 6 heteroatoms. The summed E-state index contributed by atoms with van der Waals surface area (Å²) in [5, 5.41) is 8.18. The van der Waals surface area contributed by atoms with Gasteiger partial charge in [-0.25, -0.2) is 0 Å². The van der Waals surface area contributed by atoms with Crippen molar-refractivity contribution in [3.05, 3.63) is 28.7 Å². The Hall–Kier alpha value is -0.880. The van der Waals surface area contributed by atoms with Crippen LogP contribution in [-0.4, -0.2) is 32.9 Å². The fourth-order valence-electron chi connectivity index (χ4n) is 1.60. The monoisotopic (exact) mass is 348 g/mol. The van der Waals surface area contributed by atoms with Crippen molar-refractivity contribution in [1.29, 1.82) is 0 Å². The van der Waals surface area contributed by atoms with E-state index >= 15 is 0 Å². The summed E-state index contributed by atoms with van der Waals surface area (Å²) in [6.45, 7) is 3.75. The highest BCUT2D eigenvalue weighted by Gasteiger charge is 2.27. The maximum absolute atomic E-state index is 11.9. The first-order chi connectivity index (χ1) is 8.91. The molecule has 0 spiro atoms. The van der Waals surface area contributed by atoms with Gasteiger partial charge in [-0.1, -0.05) is 29.8 Å². The summed E-state index contributed by atoms with van der Waals surface area (Å²) in [4.78, 5) is 11.0. The minimum atomic E-state index is -1.43. The largest absolute Gasteiger partial charge is 0.493 e. The zero-order chi connectivity index (χ0) is 14.4. The van der Waals surface area contributed by atoms with Crippen molar-refractivity contribution >= 4 is 32.7 Å². The summed E-state index contributed by atoms with van der Waals surface area (Å²) in [7, 11) is -1.43. The lowest BCUT2D eigenvalue weighted by Gasteiger charge is -2.15. The van der Waals surface area contributed by atoms with Crippen LogP contribution in [0.15, 0.2) is 28.7 Å². The Balaban J connectivity index is 2.46. The highest BCUT2D eigenvalue weighted by molar-refractivity contribution is 9.10. The maximum Gasteiger partial charge on any atom is 0.319 e. The molecule has 0 heterocycles. The molecule has 2 unspecified atom stereocenters. The van der Waals surface area contributed by atoms with Gasteiger partial charge in [-0.05, 0) is 30.2 Å². The van der Waals surface area contributed by atoms with Crippen molar-refractivity contribution in [2.24, 2.45) is 5.92 Å². The van der Waals surface area contributed by atoms with Crippen molar-refractivity contribution in [2.45, 2.75) is 19.1 Å². The Kier molecular flexibility index (Phi) is 6.51. The van der Waals surface area contributed by atoms with E-state index in [-0.39, 0.29) is 18.3 Å². The molecular weight excluding hydrogens is 332 g/mol. The van der Waals surface area contributed by atoms with Gasteiger partial charge in [0.05, 0.1) is 12.4 Å². The van der Waals surface area contributed by atoms with Crippen LogP contribution in [0.25, 0.3) is 0 Å². The SMILES string of the molecule is CC(C)C(C(=O)O)S(=O)CCOc1ccc(Br)cc1. The molecule has 0 aliphatic carbocycles. The molecule has 0 saturated heterocycles. The highest BCUT2D eigenvalue weighted by Crippen LogP contribution is 2.16. The fourth-order valence-corrected chi connectivity index (χ4v) is 3.20. The quantitative estimate of drug-likeness (QED) is 0.822. The molecule has 1 N–H and O–H groups in total. The number of hydrogen-bond donors (Lipinski definition) is 1. The molecule has 1 aromatic rings. The van der Waals surface area contributed by atoms with Crippen LogP contribution >= 0.6 is 15.9 Å². The number of hydrogen-bond acceptors (Lipinski definition) is 3. The molecule has 0 aliphatic rings. The smallest absolute Gasteiger partial charge is 0.319 e. The normalized spacial score (nSPS) is 14.1. The molecule has 0 radical (unpaired) electrons. The molecule has 0 saturated carbocycles. The minimum Gasteiger partial charge on any atom is -0.493 e. The second-order valence-electron chi connectivity index (χ2n) is 4.39. The van der Waals surface area contributed by atoms with Gasteiger partial charge in [-0.2, -0.15) is 0 Å². The van der Waals surface area contributed by atoms with Gasteiger partial charge in [0.25, 0.3) is 0 Å². The number of aliphatic carboxylic acids is 1. The van der Waals surface area contributed by atoms with Crippen LogP contribution in [0.2, 0.25) is 0 Å². The fraction of sp³-hybridized carbons (Fsp3) is 0.462. The number of ether oxygens (including phenoxy) is 1. The summed E-state index contributed by atoms with van der Waals surface area (Å²) in [6.07, 6.45) is 0. The lowest BCUT2D eigenvalue weighted by atomic mass is 10.1. The molecule has 1 rings (SSSR count). The van der Waals surface area contributed by atoms with E-state index in [2.05, 4.69) is 15.9 Å². The van der Waals surface area contributed by atoms with Crippen LogP contribution in [0.5, 0.6) is 5.75 Å². The molecule has 4 nitrogen and oxygen atoms in total. The van der Waals surface area contributed by atoms with E-state index < -0.39 is 22.0 Å². The standard InChI is InChI=1S/C13H17BrO4S/c1-9(2)12(13(15)16)19(17)8-7-18-11-5-3-10(14)4-6-11/h3-6,9,12H,7-8H2,1-2H3,(H,15,16). The van der Waals surface area contributed by atoms with Gasteiger partial charge in [0.1, 0.15) is 11.0 Å². The zero-order valence-electron chi connectivity index (χ0n) is 10.8. The molecule has 2 atom stereocenters. The second-order valence-corrected chi connectivity index (χ2v) is 6.98. The van der Waals surface area contributed by atoms with Crippen molar-refractivity contribution in [3.8, 4) is 5.75 Å². The first-order valence-corrected chi connectivity index (χ1v) is 8.07. The van der Waals surface area contributed by atoms with Gasteiger partial charge in [0, 0.05) is 15.3 Å². The van der Waals surface area contributed by atoms with E-state index in [0.717, 1.165) is 4.47 Å². The van der Waals surface area contributed by atoms with E-state index in [1.807, 2.05) is 12.1 Å². The number of halogens is 1. The number of carbonyl (C=O) groups is 1. The summed E-state index contributed by atoms with van der Waals surface area (Å²) >= 11 is 3.32. The van der Waals surface area contributed by atoms with Crippen LogP contribution in [0.4, 0.5) is 0 Å². The number of carboxylic acids is 1. The van der Waals surface area contributed by atoms with E-state index in [0.29, 0.717) is 5.75 Å². The molecule has 0 aliphatic heterocycles. The summed E-state index contributed by atoms with van der Waals surface area (Å²) in [5.74, 6) is -0.287. The Morgan fingerprint density at radius 2 is 1.95 bits per heavy atom. The lowest BCUT2D eigenvalue weighted by Crippen LogP contribution is -2.33. The third-order valence-electron chi connectivity index (χ3n) is 2.50. The number of carboxylic acid groups (broad SMARTS) is 1. The molecule has 0 amide bonds. The maximum atomic E-state index is 11.9. The van der Waals surface area contributed by atoms with Crippen molar-refractivity contribution in [3.63, 3.8) is 0 Å². The second kappa shape index (κ2) is 7.65. The molecular formula is C13H17BrO4S. The summed E-state index contributed by atoms with van der Waals surface area (Å²) < 4.78 is 18.3. The zero-order valence-corrected chi connectivity index (χ0v) is 13.2. The highest BCUT2D eigenvalue weighted by atomic mass is 79.9. The molecule has 106 valence electrons. The molecule has 1 aromatic carbocycles. The predicted molar refractivity (Wildman–Crippen MR) is 78.9 cm³/mol. The number of benzene rings is 1. The van der Waals surface area contributed by atoms with Gasteiger partial charge in [-0.15, -0.1) is 0 Å². The molecule has 0 fully saturated rings. The van der Waals surface area contributed by atoms with E-state index in [1.54, 1.807) is 26.0 Å². The lowest BCUT2D eigenvalue weighted by molar-refractivity contribution is -0.137. The topological polar surface area (TPSA) is 63.6 Å². The van der Waals surface area contributed by atoms with Crippen LogP contribution in [-0.2, 0) is 15.6 Å². The van der Waals surface area contributed by atoms with E-state index in [9.17, 15) is 9.00 Å².